The first kappa shape index (κ1) is 14.5. The van der Waals surface area contributed by atoms with Crippen LogP contribution in [0.25, 0.3) is 0 Å². The van der Waals surface area contributed by atoms with Crippen LogP contribution in [0.2, 0.25) is 0 Å². The van der Waals surface area contributed by atoms with E-state index in [1.54, 1.807) is 6.92 Å². The van der Waals surface area contributed by atoms with E-state index in [-0.39, 0.29) is 0 Å². The molecule has 0 bridgehead atoms. The average Bonchev–Trinajstić information content (AvgIpc) is 2.57. The molecule has 0 heterocycles. The van der Waals surface area contributed by atoms with Crippen molar-refractivity contribution < 1.29 is 19.4 Å². The van der Waals surface area contributed by atoms with Crippen LogP contribution < -0.4 is 0 Å². The molecule has 0 atom stereocenters. The zero-order valence-corrected chi connectivity index (χ0v) is 11.0. The summed E-state index contributed by atoms with van der Waals surface area (Å²) < 4.78 is 4.78. The minimum Gasteiger partial charge on any atom is -0.478 e. The lowest BCUT2D eigenvalue weighted by Crippen LogP contribution is -2.10. The zero-order chi connectivity index (χ0) is 13.5. The Labute approximate surface area is 107 Å². The molecule has 0 unspecified atom stereocenters. The maximum Gasteiger partial charge on any atom is 0.338 e. The Morgan fingerprint density at radius 2 is 1.72 bits per heavy atom. The van der Waals surface area contributed by atoms with Crippen LogP contribution in [-0.2, 0) is 14.3 Å². The number of carboxylic acid groups (broad SMARTS) is 1. The number of ether oxygens (including phenoxy) is 1. The van der Waals surface area contributed by atoms with Gasteiger partial charge in [0.05, 0.1) is 12.7 Å². The van der Waals surface area contributed by atoms with Gasteiger partial charge in [-0.25, -0.2) is 9.59 Å². The van der Waals surface area contributed by atoms with Crippen molar-refractivity contribution in [1.29, 1.82) is 0 Å². The highest BCUT2D eigenvalue weighted by Crippen LogP contribution is 2.28. The third-order valence-corrected chi connectivity index (χ3v) is 3.18. The number of allylic oxidation sites excluding steroid dienone is 1. The number of carboxylic acids is 1. The Hall–Kier alpha value is -1.58. The molecule has 0 aliphatic heterocycles. The van der Waals surface area contributed by atoms with E-state index in [0.717, 1.165) is 37.3 Å². The van der Waals surface area contributed by atoms with Crippen LogP contribution in [0.15, 0.2) is 22.8 Å². The highest BCUT2D eigenvalue weighted by molar-refractivity contribution is 5.96. The SMILES string of the molecule is COC(=O)C(=C1CCCCCC1)/C(C)=C\C(=O)O. The van der Waals surface area contributed by atoms with Crippen LogP contribution in [0.1, 0.15) is 45.4 Å². The molecule has 4 nitrogen and oxygen atoms in total. The summed E-state index contributed by atoms with van der Waals surface area (Å²) in [5.74, 6) is -1.47. The van der Waals surface area contributed by atoms with Crippen LogP contribution in [-0.4, -0.2) is 24.2 Å². The van der Waals surface area contributed by atoms with Gasteiger partial charge in [0, 0.05) is 6.08 Å². The molecule has 1 N–H and O–H groups in total. The van der Waals surface area contributed by atoms with Crippen molar-refractivity contribution in [1.82, 2.24) is 0 Å². The summed E-state index contributed by atoms with van der Waals surface area (Å²) in [5.41, 5.74) is 1.97. The van der Waals surface area contributed by atoms with Gasteiger partial charge in [0.2, 0.25) is 0 Å². The van der Waals surface area contributed by atoms with Crippen molar-refractivity contribution in [2.45, 2.75) is 45.4 Å². The molecule has 4 heteroatoms. The van der Waals surface area contributed by atoms with Crippen LogP contribution in [0.3, 0.4) is 0 Å². The highest BCUT2D eigenvalue weighted by atomic mass is 16.5. The minimum atomic E-state index is -1.04. The van der Waals surface area contributed by atoms with E-state index in [0.29, 0.717) is 11.1 Å². The fourth-order valence-electron chi connectivity index (χ4n) is 2.35. The van der Waals surface area contributed by atoms with Crippen molar-refractivity contribution in [3.63, 3.8) is 0 Å². The number of aliphatic carboxylic acids is 1. The van der Waals surface area contributed by atoms with Gasteiger partial charge in [0.25, 0.3) is 0 Å². The largest absolute Gasteiger partial charge is 0.478 e. The van der Waals surface area contributed by atoms with Gasteiger partial charge >= 0.3 is 11.9 Å². The molecule has 100 valence electrons. The second kappa shape index (κ2) is 6.99. The van der Waals surface area contributed by atoms with Gasteiger partial charge in [-0.2, -0.15) is 0 Å². The maximum absolute atomic E-state index is 11.8. The number of hydrogen-bond acceptors (Lipinski definition) is 3. The molecule has 1 aliphatic carbocycles. The van der Waals surface area contributed by atoms with E-state index in [4.69, 9.17) is 9.84 Å². The first-order valence-corrected chi connectivity index (χ1v) is 6.28. The van der Waals surface area contributed by atoms with Crippen molar-refractivity contribution in [3.05, 3.63) is 22.8 Å². The molecule has 1 rings (SSSR count). The molecule has 0 spiro atoms. The summed E-state index contributed by atoms with van der Waals surface area (Å²) >= 11 is 0. The van der Waals surface area contributed by atoms with Crippen LogP contribution in [0.5, 0.6) is 0 Å². The van der Waals surface area contributed by atoms with Gasteiger partial charge in [0.1, 0.15) is 0 Å². The van der Waals surface area contributed by atoms with Gasteiger partial charge in [-0.15, -0.1) is 0 Å². The van der Waals surface area contributed by atoms with Gasteiger partial charge in [-0.1, -0.05) is 18.4 Å². The first-order chi connectivity index (χ1) is 8.56. The summed E-state index contributed by atoms with van der Waals surface area (Å²) in [5, 5.41) is 8.79. The number of carbonyl (C=O) groups is 2. The number of carbonyl (C=O) groups excluding carboxylic acids is 1. The lowest BCUT2D eigenvalue weighted by atomic mass is 9.95. The Morgan fingerprint density at radius 3 is 2.17 bits per heavy atom. The summed E-state index contributed by atoms with van der Waals surface area (Å²) in [7, 11) is 1.33. The first-order valence-electron chi connectivity index (χ1n) is 6.28. The Bertz CT molecular complexity index is 381. The second-order valence-corrected chi connectivity index (χ2v) is 4.55. The monoisotopic (exact) mass is 252 g/mol. The predicted molar refractivity (Wildman–Crippen MR) is 68.1 cm³/mol. The van der Waals surface area contributed by atoms with E-state index in [1.807, 2.05) is 0 Å². The summed E-state index contributed by atoms with van der Waals surface area (Å²) in [4.78, 5) is 22.6. The molecule has 0 radical (unpaired) electrons. The van der Waals surface area contributed by atoms with E-state index >= 15 is 0 Å². The maximum atomic E-state index is 11.8. The number of rotatable bonds is 3. The van der Waals surface area contributed by atoms with Gasteiger partial charge < -0.3 is 9.84 Å². The molecule has 1 aliphatic rings. The molecule has 0 amide bonds. The smallest absolute Gasteiger partial charge is 0.338 e. The van der Waals surface area contributed by atoms with Crippen LogP contribution in [0.4, 0.5) is 0 Å². The van der Waals surface area contributed by atoms with Crippen molar-refractivity contribution in [3.8, 4) is 0 Å². The fraction of sp³-hybridized carbons (Fsp3) is 0.571. The summed E-state index contributed by atoms with van der Waals surface area (Å²) in [6.07, 6.45) is 7.22. The fourth-order valence-corrected chi connectivity index (χ4v) is 2.35. The molecule has 0 aromatic rings. The zero-order valence-electron chi connectivity index (χ0n) is 11.0. The topological polar surface area (TPSA) is 63.6 Å². The molecule has 18 heavy (non-hydrogen) atoms. The van der Waals surface area contributed by atoms with Crippen molar-refractivity contribution in [2.24, 2.45) is 0 Å². The third-order valence-electron chi connectivity index (χ3n) is 3.18. The molecular formula is C14H20O4. The van der Waals surface area contributed by atoms with Gasteiger partial charge in [-0.05, 0) is 38.2 Å². The van der Waals surface area contributed by atoms with Gasteiger partial charge in [0.15, 0.2) is 0 Å². The van der Waals surface area contributed by atoms with E-state index in [9.17, 15) is 9.59 Å². The molecular weight excluding hydrogens is 232 g/mol. The highest BCUT2D eigenvalue weighted by Gasteiger charge is 2.19. The van der Waals surface area contributed by atoms with E-state index in [1.165, 1.54) is 20.0 Å². The lowest BCUT2D eigenvalue weighted by molar-refractivity contribution is -0.135. The Kier molecular flexibility index (Phi) is 5.62. The Morgan fingerprint density at radius 1 is 1.17 bits per heavy atom. The standard InChI is InChI=1S/C14H20O4/c1-10(9-12(15)16)13(14(17)18-2)11-7-5-3-4-6-8-11/h9H,3-8H2,1-2H3,(H,15,16)/b10-9-. The predicted octanol–water partition coefficient (Wildman–Crippen LogP) is 2.84. The molecule has 0 aromatic carbocycles. The third kappa shape index (κ3) is 4.02. The van der Waals surface area contributed by atoms with E-state index in [2.05, 4.69) is 0 Å². The molecule has 0 aromatic heterocycles. The number of hydrogen-bond donors (Lipinski definition) is 1. The molecule has 1 saturated carbocycles. The van der Waals surface area contributed by atoms with Crippen molar-refractivity contribution in [2.75, 3.05) is 7.11 Å². The molecule has 0 saturated heterocycles. The average molecular weight is 252 g/mol. The van der Waals surface area contributed by atoms with Gasteiger partial charge in [-0.3, -0.25) is 0 Å². The number of esters is 1. The number of methoxy groups -OCH3 is 1. The molecule has 1 fully saturated rings. The normalized spacial score (nSPS) is 17.0. The van der Waals surface area contributed by atoms with E-state index < -0.39 is 11.9 Å². The summed E-state index contributed by atoms with van der Waals surface area (Å²) in [6.45, 7) is 1.65. The summed E-state index contributed by atoms with van der Waals surface area (Å²) in [6, 6.07) is 0. The van der Waals surface area contributed by atoms with Crippen molar-refractivity contribution >= 4 is 11.9 Å². The Balaban J connectivity index is 3.13. The minimum absolute atomic E-state index is 0.429. The second-order valence-electron chi connectivity index (χ2n) is 4.55. The lowest BCUT2D eigenvalue weighted by Gasteiger charge is -2.12. The van der Waals surface area contributed by atoms with Crippen LogP contribution in [0, 0.1) is 0 Å². The quantitative estimate of drug-likeness (QED) is 0.476. The van der Waals surface area contributed by atoms with Crippen LogP contribution >= 0.6 is 0 Å².